The standard InChI is InChI=1S/C32H39NO5/c1-25-21-28(22-29(31(25)35)32(36)37)30(34)24-33(23-27-15-8-5-9-16-27)18-10-2-3-11-19-38-20-12-17-26-13-6-4-7-14-26/h4-9,13-16,21-22,35H,2-3,10-12,17-20,23-24H2,1H3,(H,36,37). The number of ketones is 1. The minimum Gasteiger partial charge on any atom is -0.507 e. The van der Waals surface area contributed by atoms with E-state index in [1.54, 1.807) is 13.0 Å². The number of ether oxygens (including phenoxy) is 1. The van der Waals surface area contributed by atoms with E-state index in [-0.39, 0.29) is 23.6 Å². The van der Waals surface area contributed by atoms with E-state index in [1.165, 1.54) is 11.6 Å². The van der Waals surface area contributed by atoms with Crippen LogP contribution in [-0.2, 0) is 17.7 Å². The van der Waals surface area contributed by atoms with E-state index in [4.69, 9.17) is 4.74 Å². The van der Waals surface area contributed by atoms with Crippen molar-refractivity contribution in [2.75, 3.05) is 26.3 Å². The summed E-state index contributed by atoms with van der Waals surface area (Å²) in [6, 6.07) is 23.3. The predicted octanol–water partition coefficient (Wildman–Crippen LogP) is 6.29. The highest BCUT2D eigenvalue weighted by Crippen LogP contribution is 2.24. The van der Waals surface area contributed by atoms with Crippen molar-refractivity contribution in [3.8, 4) is 5.75 Å². The largest absolute Gasteiger partial charge is 0.507 e. The Balaban J connectivity index is 1.43. The van der Waals surface area contributed by atoms with Gasteiger partial charge in [0.2, 0.25) is 0 Å². The summed E-state index contributed by atoms with van der Waals surface area (Å²) in [6.07, 6.45) is 6.18. The third-order valence-electron chi connectivity index (χ3n) is 6.58. The molecule has 6 nitrogen and oxygen atoms in total. The molecule has 0 spiro atoms. The molecule has 0 atom stereocenters. The van der Waals surface area contributed by atoms with Gasteiger partial charge in [0, 0.05) is 25.3 Å². The lowest BCUT2D eigenvalue weighted by atomic mass is 10.0. The molecule has 0 unspecified atom stereocenters. The molecule has 6 heteroatoms. The van der Waals surface area contributed by atoms with Crippen molar-refractivity contribution in [1.82, 2.24) is 4.90 Å². The number of aryl methyl sites for hydroxylation is 2. The van der Waals surface area contributed by atoms with Crippen LogP contribution in [0.2, 0.25) is 0 Å². The molecule has 0 saturated carbocycles. The number of aromatic carboxylic acids is 1. The number of unbranched alkanes of at least 4 members (excludes halogenated alkanes) is 3. The molecule has 0 aliphatic heterocycles. The number of carboxylic acids is 1. The van der Waals surface area contributed by atoms with Gasteiger partial charge in [0.15, 0.2) is 5.78 Å². The van der Waals surface area contributed by atoms with Gasteiger partial charge in [-0.3, -0.25) is 9.69 Å². The van der Waals surface area contributed by atoms with Crippen molar-refractivity contribution >= 4 is 11.8 Å². The van der Waals surface area contributed by atoms with Gasteiger partial charge in [-0.25, -0.2) is 4.79 Å². The van der Waals surface area contributed by atoms with Crippen LogP contribution in [0, 0.1) is 6.92 Å². The molecule has 0 aliphatic carbocycles. The van der Waals surface area contributed by atoms with Crippen LogP contribution < -0.4 is 0 Å². The second kappa shape index (κ2) is 15.7. The van der Waals surface area contributed by atoms with Gasteiger partial charge in [0.25, 0.3) is 0 Å². The van der Waals surface area contributed by atoms with Crippen LogP contribution in [0.1, 0.15) is 69.5 Å². The number of aromatic hydroxyl groups is 1. The van der Waals surface area contributed by atoms with E-state index in [0.717, 1.165) is 63.8 Å². The smallest absolute Gasteiger partial charge is 0.339 e. The van der Waals surface area contributed by atoms with E-state index in [0.29, 0.717) is 17.7 Å². The number of Topliss-reactive ketones (excluding diaryl/α,β-unsaturated/α-hetero) is 1. The molecular formula is C32H39NO5. The van der Waals surface area contributed by atoms with Gasteiger partial charge in [-0.1, -0.05) is 73.5 Å². The van der Waals surface area contributed by atoms with E-state index in [9.17, 15) is 19.8 Å². The lowest BCUT2D eigenvalue weighted by Crippen LogP contribution is -2.30. The molecule has 3 aromatic rings. The molecule has 0 aromatic heterocycles. The average molecular weight is 518 g/mol. The van der Waals surface area contributed by atoms with Crippen LogP contribution in [0.25, 0.3) is 0 Å². The molecule has 0 amide bonds. The average Bonchev–Trinajstić information content (AvgIpc) is 2.92. The first-order chi connectivity index (χ1) is 18.4. The number of rotatable bonds is 17. The molecule has 38 heavy (non-hydrogen) atoms. The Labute approximate surface area is 225 Å². The number of benzene rings is 3. The van der Waals surface area contributed by atoms with E-state index in [1.807, 2.05) is 36.4 Å². The number of carbonyl (C=O) groups is 2. The number of carbonyl (C=O) groups excluding carboxylic acids is 1. The van der Waals surface area contributed by atoms with Gasteiger partial charge in [-0.15, -0.1) is 0 Å². The zero-order valence-corrected chi connectivity index (χ0v) is 22.3. The Morgan fingerprint density at radius 1 is 0.816 bits per heavy atom. The van der Waals surface area contributed by atoms with Crippen LogP contribution in [0.5, 0.6) is 5.75 Å². The fourth-order valence-corrected chi connectivity index (χ4v) is 4.47. The topological polar surface area (TPSA) is 87.1 Å². The van der Waals surface area contributed by atoms with Crippen molar-refractivity contribution in [3.05, 3.63) is 101 Å². The van der Waals surface area contributed by atoms with Gasteiger partial charge in [0.1, 0.15) is 11.3 Å². The molecular weight excluding hydrogens is 478 g/mol. The maximum atomic E-state index is 13.1. The van der Waals surface area contributed by atoms with Crippen molar-refractivity contribution in [2.24, 2.45) is 0 Å². The number of hydrogen-bond acceptors (Lipinski definition) is 5. The lowest BCUT2D eigenvalue weighted by Gasteiger charge is -2.22. The summed E-state index contributed by atoms with van der Waals surface area (Å²) in [4.78, 5) is 26.7. The van der Waals surface area contributed by atoms with Crippen molar-refractivity contribution in [3.63, 3.8) is 0 Å². The molecule has 0 radical (unpaired) electrons. The molecule has 3 rings (SSSR count). The van der Waals surface area contributed by atoms with Gasteiger partial charge in [-0.2, -0.15) is 0 Å². The Kier molecular flexibility index (Phi) is 12.0. The second-order valence-corrected chi connectivity index (χ2v) is 9.73. The Morgan fingerprint density at radius 3 is 2.13 bits per heavy atom. The van der Waals surface area contributed by atoms with Crippen molar-refractivity contribution < 1.29 is 24.5 Å². The second-order valence-electron chi connectivity index (χ2n) is 9.73. The molecule has 0 fully saturated rings. The highest BCUT2D eigenvalue weighted by Gasteiger charge is 2.19. The minimum absolute atomic E-state index is 0.157. The molecule has 0 heterocycles. The summed E-state index contributed by atoms with van der Waals surface area (Å²) in [6.45, 7) is 4.74. The maximum Gasteiger partial charge on any atom is 0.339 e. The normalized spacial score (nSPS) is 11.1. The quantitative estimate of drug-likeness (QED) is 0.162. The molecule has 202 valence electrons. The molecule has 0 saturated heterocycles. The summed E-state index contributed by atoms with van der Waals surface area (Å²) >= 11 is 0. The number of carboxylic acid groups (broad SMARTS) is 1. The Morgan fingerprint density at radius 2 is 1.45 bits per heavy atom. The zero-order valence-electron chi connectivity index (χ0n) is 22.3. The van der Waals surface area contributed by atoms with Gasteiger partial charge in [0.05, 0.1) is 6.54 Å². The zero-order chi connectivity index (χ0) is 27.2. The first kappa shape index (κ1) is 29.1. The van der Waals surface area contributed by atoms with Gasteiger partial charge < -0.3 is 14.9 Å². The monoisotopic (exact) mass is 517 g/mol. The predicted molar refractivity (Wildman–Crippen MR) is 150 cm³/mol. The number of hydrogen-bond donors (Lipinski definition) is 2. The summed E-state index contributed by atoms with van der Waals surface area (Å²) in [7, 11) is 0. The Hall–Kier alpha value is -3.48. The third-order valence-corrected chi connectivity index (χ3v) is 6.58. The third kappa shape index (κ3) is 9.77. The van der Waals surface area contributed by atoms with E-state index < -0.39 is 5.97 Å². The maximum absolute atomic E-state index is 13.1. The van der Waals surface area contributed by atoms with Gasteiger partial charge >= 0.3 is 5.97 Å². The fourth-order valence-electron chi connectivity index (χ4n) is 4.47. The molecule has 0 bridgehead atoms. The highest BCUT2D eigenvalue weighted by atomic mass is 16.5. The summed E-state index contributed by atoms with van der Waals surface area (Å²) in [5, 5.41) is 19.4. The molecule has 3 aromatic carbocycles. The van der Waals surface area contributed by atoms with Crippen LogP contribution in [-0.4, -0.2) is 53.2 Å². The molecule has 2 N–H and O–H groups in total. The summed E-state index contributed by atoms with van der Waals surface area (Å²) in [5.74, 6) is -1.70. The first-order valence-corrected chi connectivity index (χ1v) is 13.4. The first-order valence-electron chi connectivity index (χ1n) is 13.4. The summed E-state index contributed by atoms with van der Waals surface area (Å²) in [5.41, 5.74) is 2.91. The fraction of sp³-hybridized carbons (Fsp3) is 0.375. The van der Waals surface area contributed by atoms with Crippen LogP contribution in [0.4, 0.5) is 0 Å². The van der Waals surface area contributed by atoms with E-state index >= 15 is 0 Å². The Bertz CT molecular complexity index is 1150. The number of phenols is 1. The van der Waals surface area contributed by atoms with Crippen LogP contribution in [0.15, 0.2) is 72.8 Å². The van der Waals surface area contributed by atoms with E-state index in [2.05, 4.69) is 29.2 Å². The highest BCUT2D eigenvalue weighted by molar-refractivity contribution is 6.01. The lowest BCUT2D eigenvalue weighted by molar-refractivity contribution is 0.0693. The SMILES string of the molecule is Cc1cc(C(=O)CN(CCCCCCOCCCc2ccccc2)Cc2ccccc2)cc(C(=O)O)c1O. The minimum atomic E-state index is -1.25. The van der Waals surface area contributed by atoms with Crippen molar-refractivity contribution in [1.29, 1.82) is 0 Å². The van der Waals surface area contributed by atoms with Crippen molar-refractivity contribution in [2.45, 2.75) is 52.0 Å². The van der Waals surface area contributed by atoms with Crippen LogP contribution >= 0.6 is 0 Å². The van der Waals surface area contributed by atoms with Gasteiger partial charge in [-0.05, 0) is 68.0 Å². The molecule has 0 aliphatic rings. The summed E-state index contributed by atoms with van der Waals surface area (Å²) < 4.78 is 5.79. The van der Waals surface area contributed by atoms with Crippen LogP contribution in [0.3, 0.4) is 0 Å². The number of nitrogens with zero attached hydrogens (tertiary/aromatic N) is 1.